The molecule has 20 heavy (non-hydrogen) atoms. The van der Waals surface area contributed by atoms with Crippen LogP contribution in [0, 0.1) is 5.82 Å². The van der Waals surface area contributed by atoms with Crippen LogP contribution in [0.25, 0.3) is 0 Å². The van der Waals surface area contributed by atoms with Crippen molar-refractivity contribution in [3.63, 3.8) is 0 Å². The molecule has 0 fully saturated rings. The monoisotopic (exact) mass is 281 g/mol. The molecule has 1 aromatic rings. The van der Waals surface area contributed by atoms with Gasteiger partial charge in [-0.3, -0.25) is 0 Å². The van der Waals surface area contributed by atoms with Crippen LogP contribution in [0.15, 0.2) is 18.2 Å². The molecule has 114 valence electrons. The van der Waals surface area contributed by atoms with E-state index in [1.54, 1.807) is 0 Å². The zero-order valence-electron chi connectivity index (χ0n) is 12.6. The normalized spacial score (nSPS) is 10.9. The second-order valence-electron chi connectivity index (χ2n) is 5.42. The smallest absolute Gasteiger partial charge is 0.123 e. The fourth-order valence-electron chi connectivity index (χ4n) is 2.30. The van der Waals surface area contributed by atoms with Crippen LogP contribution in [0.1, 0.15) is 63.9 Å². The van der Waals surface area contributed by atoms with Gasteiger partial charge in [-0.15, -0.1) is 0 Å². The van der Waals surface area contributed by atoms with E-state index in [9.17, 15) is 9.50 Å². The Bertz CT molecular complexity index is 368. The SMILES string of the molecule is CCCCCCCCCCNCc1cc(F)ccc1O. The molecular weight excluding hydrogens is 253 g/mol. The van der Waals surface area contributed by atoms with E-state index in [1.165, 1.54) is 63.1 Å². The van der Waals surface area contributed by atoms with Gasteiger partial charge in [-0.2, -0.15) is 0 Å². The van der Waals surface area contributed by atoms with E-state index >= 15 is 0 Å². The fourth-order valence-corrected chi connectivity index (χ4v) is 2.30. The molecule has 3 heteroatoms. The van der Waals surface area contributed by atoms with Crippen LogP contribution < -0.4 is 5.32 Å². The molecule has 0 aliphatic carbocycles. The van der Waals surface area contributed by atoms with Gasteiger partial charge in [-0.1, -0.05) is 51.9 Å². The summed E-state index contributed by atoms with van der Waals surface area (Å²) in [5.74, 6) is -0.137. The third-order valence-electron chi connectivity index (χ3n) is 3.56. The van der Waals surface area contributed by atoms with Crippen LogP contribution in [-0.4, -0.2) is 11.7 Å². The predicted octanol–water partition coefficient (Wildman–Crippen LogP) is 4.76. The molecule has 1 rings (SSSR count). The van der Waals surface area contributed by atoms with Crippen molar-refractivity contribution in [2.24, 2.45) is 0 Å². The van der Waals surface area contributed by atoms with E-state index in [0.29, 0.717) is 12.1 Å². The number of halogens is 1. The van der Waals surface area contributed by atoms with Gasteiger partial charge in [0.05, 0.1) is 0 Å². The van der Waals surface area contributed by atoms with Gasteiger partial charge in [0.2, 0.25) is 0 Å². The number of phenolic OH excluding ortho intramolecular Hbond substituents is 1. The number of nitrogens with one attached hydrogen (secondary N) is 1. The van der Waals surface area contributed by atoms with E-state index in [4.69, 9.17) is 0 Å². The summed E-state index contributed by atoms with van der Waals surface area (Å²) in [5.41, 5.74) is 0.629. The molecular formula is C17H28FNO. The highest BCUT2D eigenvalue weighted by molar-refractivity contribution is 5.32. The average molecular weight is 281 g/mol. The van der Waals surface area contributed by atoms with Crippen molar-refractivity contribution in [2.75, 3.05) is 6.54 Å². The maximum Gasteiger partial charge on any atom is 0.123 e. The zero-order valence-corrected chi connectivity index (χ0v) is 12.6. The molecule has 0 spiro atoms. The molecule has 0 aliphatic heterocycles. The summed E-state index contributed by atoms with van der Waals surface area (Å²) in [6, 6.07) is 4.07. The van der Waals surface area contributed by atoms with Crippen LogP contribution in [0.2, 0.25) is 0 Å². The first-order valence-electron chi connectivity index (χ1n) is 7.92. The van der Waals surface area contributed by atoms with Crippen molar-refractivity contribution in [3.8, 4) is 5.75 Å². The van der Waals surface area contributed by atoms with Gasteiger partial charge in [-0.05, 0) is 31.2 Å². The predicted molar refractivity (Wildman–Crippen MR) is 82.4 cm³/mol. The number of benzene rings is 1. The molecule has 0 saturated heterocycles. The molecule has 0 amide bonds. The van der Waals surface area contributed by atoms with E-state index in [2.05, 4.69) is 12.2 Å². The van der Waals surface area contributed by atoms with E-state index in [1.807, 2.05) is 0 Å². The number of aromatic hydroxyl groups is 1. The molecule has 1 aromatic carbocycles. The number of unbranched alkanes of at least 4 members (excludes halogenated alkanes) is 7. The van der Waals surface area contributed by atoms with Crippen molar-refractivity contribution in [2.45, 2.75) is 64.8 Å². The molecule has 0 atom stereocenters. The molecule has 0 unspecified atom stereocenters. The van der Waals surface area contributed by atoms with Gasteiger partial charge in [0.1, 0.15) is 11.6 Å². The number of phenols is 1. The Labute approximate surface area is 122 Å². The van der Waals surface area contributed by atoms with Gasteiger partial charge in [0, 0.05) is 12.1 Å². The standard InChI is InChI=1S/C17H28FNO/c1-2-3-4-5-6-7-8-9-12-19-14-15-13-16(18)10-11-17(15)20/h10-11,13,19-20H,2-9,12,14H2,1H3. The molecule has 0 aromatic heterocycles. The highest BCUT2D eigenvalue weighted by Crippen LogP contribution is 2.17. The van der Waals surface area contributed by atoms with Gasteiger partial charge >= 0.3 is 0 Å². The topological polar surface area (TPSA) is 32.3 Å². The number of rotatable bonds is 11. The molecule has 0 bridgehead atoms. The molecule has 0 radical (unpaired) electrons. The third kappa shape index (κ3) is 7.49. The summed E-state index contributed by atoms with van der Waals surface area (Å²) in [6.45, 7) is 3.69. The lowest BCUT2D eigenvalue weighted by atomic mass is 10.1. The highest BCUT2D eigenvalue weighted by Gasteiger charge is 2.02. The first-order chi connectivity index (χ1) is 9.74. The van der Waals surface area contributed by atoms with Gasteiger partial charge in [0.15, 0.2) is 0 Å². The minimum atomic E-state index is -0.299. The first kappa shape index (κ1) is 17.0. The first-order valence-corrected chi connectivity index (χ1v) is 7.92. The number of hydrogen-bond donors (Lipinski definition) is 2. The summed E-state index contributed by atoms with van der Waals surface area (Å²) in [6.07, 6.45) is 10.4. The van der Waals surface area contributed by atoms with E-state index in [-0.39, 0.29) is 11.6 Å². The lowest BCUT2D eigenvalue weighted by Gasteiger charge is -2.07. The van der Waals surface area contributed by atoms with E-state index < -0.39 is 0 Å². The average Bonchev–Trinajstić information content (AvgIpc) is 2.44. The van der Waals surface area contributed by atoms with Gasteiger partial charge < -0.3 is 10.4 Å². The van der Waals surface area contributed by atoms with Crippen molar-refractivity contribution < 1.29 is 9.50 Å². The van der Waals surface area contributed by atoms with Crippen molar-refractivity contribution >= 4 is 0 Å². The maximum atomic E-state index is 13.0. The maximum absolute atomic E-state index is 13.0. The molecule has 2 N–H and O–H groups in total. The minimum Gasteiger partial charge on any atom is -0.508 e. The quantitative estimate of drug-likeness (QED) is 0.573. The van der Waals surface area contributed by atoms with Crippen molar-refractivity contribution in [1.29, 1.82) is 0 Å². The van der Waals surface area contributed by atoms with Crippen LogP contribution in [0.5, 0.6) is 5.75 Å². The van der Waals surface area contributed by atoms with Crippen molar-refractivity contribution in [3.05, 3.63) is 29.6 Å². The minimum absolute atomic E-state index is 0.162. The fraction of sp³-hybridized carbons (Fsp3) is 0.647. The largest absolute Gasteiger partial charge is 0.508 e. The number of hydrogen-bond acceptors (Lipinski definition) is 2. The van der Waals surface area contributed by atoms with Crippen LogP contribution in [-0.2, 0) is 6.54 Å². The Morgan fingerprint density at radius 2 is 1.65 bits per heavy atom. The van der Waals surface area contributed by atoms with Gasteiger partial charge in [-0.25, -0.2) is 4.39 Å². The van der Waals surface area contributed by atoms with Crippen LogP contribution in [0.3, 0.4) is 0 Å². The Morgan fingerprint density at radius 3 is 2.35 bits per heavy atom. The zero-order chi connectivity index (χ0) is 14.6. The summed E-state index contributed by atoms with van der Waals surface area (Å²) >= 11 is 0. The Balaban J connectivity index is 1.98. The second-order valence-corrected chi connectivity index (χ2v) is 5.42. The molecule has 0 heterocycles. The molecule has 0 saturated carbocycles. The summed E-state index contributed by atoms with van der Waals surface area (Å²) < 4.78 is 13.0. The van der Waals surface area contributed by atoms with Crippen molar-refractivity contribution in [1.82, 2.24) is 5.32 Å². The summed E-state index contributed by atoms with van der Waals surface area (Å²) in [5, 5.41) is 12.8. The molecule has 2 nitrogen and oxygen atoms in total. The lowest BCUT2D eigenvalue weighted by molar-refractivity contribution is 0.460. The summed E-state index contributed by atoms with van der Waals surface area (Å²) in [4.78, 5) is 0. The van der Waals surface area contributed by atoms with E-state index in [0.717, 1.165) is 13.0 Å². The Hall–Kier alpha value is -1.09. The van der Waals surface area contributed by atoms with Crippen LogP contribution >= 0.6 is 0 Å². The van der Waals surface area contributed by atoms with Gasteiger partial charge in [0.25, 0.3) is 0 Å². The lowest BCUT2D eigenvalue weighted by Crippen LogP contribution is -2.14. The summed E-state index contributed by atoms with van der Waals surface area (Å²) in [7, 11) is 0. The Kier molecular flexibility index (Phi) is 9.05. The second kappa shape index (κ2) is 10.7. The van der Waals surface area contributed by atoms with Crippen LogP contribution in [0.4, 0.5) is 4.39 Å². The molecule has 0 aliphatic rings. The highest BCUT2D eigenvalue weighted by atomic mass is 19.1. The Morgan fingerprint density at radius 1 is 1.00 bits per heavy atom. The third-order valence-corrected chi connectivity index (χ3v) is 3.56.